The van der Waals surface area contributed by atoms with Crippen molar-refractivity contribution in [3.05, 3.63) is 16.1 Å². The first kappa shape index (κ1) is 16.3. The number of carbonyl (C=O) groups excluding carboxylic acids is 2. The van der Waals surface area contributed by atoms with Crippen LogP contribution in [0.15, 0.2) is 5.38 Å². The number of thioether (sulfide) groups is 1. The zero-order valence-electron chi connectivity index (χ0n) is 12.6. The van der Waals surface area contributed by atoms with E-state index in [1.165, 1.54) is 11.8 Å². The molecule has 0 saturated carbocycles. The molecule has 7 heteroatoms. The van der Waals surface area contributed by atoms with Crippen molar-refractivity contribution in [2.24, 2.45) is 0 Å². The van der Waals surface area contributed by atoms with E-state index in [4.69, 9.17) is 0 Å². The second kappa shape index (κ2) is 6.79. The maximum atomic E-state index is 12.0. The number of rotatable bonds is 5. The van der Waals surface area contributed by atoms with Crippen molar-refractivity contribution in [3.63, 3.8) is 0 Å². The van der Waals surface area contributed by atoms with Crippen molar-refractivity contribution >= 4 is 34.9 Å². The van der Waals surface area contributed by atoms with Gasteiger partial charge in [0, 0.05) is 29.8 Å². The van der Waals surface area contributed by atoms with Gasteiger partial charge in [-0.3, -0.25) is 9.59 Å². The topological polar surface area (TPSA) is 71.1 Å². The monoisotopic (exact) mass is 327 g/mol. The van der Waals surface area contributed by atoms with Crippen LogP contribution in [0.2, 0.25) is 0 Å². The first-order valence-electron chi connectivity index (χ1n) is 7.02. The van der Waals surface area contributed by atoms with Gasteiger partial charge in [-0.15, -0.1) is 23.1 Å². The zero-order valence-corrected chi connectivity index (χ0v) is 14.2. The second-order valence-corrected chi connectivity index (χ2v) is 8.21. The van der Waals surface area contributed by atoms with Crippen LogP contribution in [0.4, 0.5) is 0 Å². The van der Waals surface area contributed by atoms with Crippen LogP contribution in [-0.2, 0) is 16.0 Å². The number of nitrogens with zero attached hydrogens (tertiary/aromatic N) is 1. The first-order valence-corrected chi connectivity index (χ1v) is 8.88. The van der Waals surface area contributed by atoms with E-state index in [0.717, 1.165) is 23.5 Å². The molecule has 0 unspecified atom stereocenters. The van der Waals surface area contributed by atoms with Crippen LogP contribution >= 0.6 is 23.1 Å². The fourth-order valence-corrected chi connectivity index (χ4v) is 3.79. The number of aryl methyl sites for hydroxylation is 2. The summed E-state index contributed by atoms with van der Waals surface area (Å²) < 4.78 is -0.445. The van der Waals surface area contributed by atoms with E-state index < -0.39 is 10.8 Å². The Hall–Kier alpha value is -1.08. The molecule has 0 spiro atoms. The van der Waals surface area contributed by atoms with Gasteiger partial charge in [0.25, 0.3) is 0 Å². The van der Waals surface area contributed by atoms with E-state index >= 15 is 0 Å². The number of amides is 2. The number of hydrogen-bond donors (Lipinski definition) is 2. The molecule has 2 heterocycles. The molecular formula is C14H21N3O2S2. The summed E-state index contributed by atoms with van der Waals surface area (Å²) in [4.78, 5) is 28.2. The van der Waals surface area contributed by atoms with E-state index in [0.29, 0.717) is 12.3 Å². The highest BCUT2D eigenvalue weighted by molar-refractivity contribution is 8.01. The van der Waals surface area contributed by atoms with Crippen molar-refractivity contribution < 1.29 is 9.59 Å². The largest absolute Gasteiger partial charge is 0.354 e. The quantitative estimate of drug-likeness (QED) is 0.804. The maximum absolute atomic E-state index is 12.0. The Balaban J connectivity index is 1.69. The molecule has 1 saturated heterocycles. The Bertz CT molecular complexity index is 528. The van der Waals surface area contributed by atoms with Crippen LogP contribution in [0.25, 0.3) is 0 Å². The predicted molar refractivity (Wildman–Crippen MR) is 86.6 cm³/mol. The number of carbonyl (C=O) groups is 2. The van der Waals surface area contributed by atoms with Crippen LogP contribution < -0.4 is 10.6 Å². The van der Waals surface area contributed by atoms with Crippen molar-refractivity contribution in [1.29, 1.82) is 0 Å². The molecule has 1 fully saturated rings. The Kier molecular flexibility index (Phi) is 5.27. The first-order chi connectivity index (χ1) is 9.88. The van der Waals surface area contributed by atoms with Gasteiger partial charge >= 0.3 is 0 Å². The molecule has 116 valence electrons. The molecule has 21 heavy (non-hydrogen) atoms. The van der Waals surface area contributed by atoms with Crippen molar-refractivity contribution in [3.8, 4) is 0 Å². The van der Waals surface area contributed by atoms with Gasteiger partial charge in [0.05, 0.1) is 9.75 Å². The highest BCUT2D eigenvalue weighted by atomic mass is 32.2. The molecule has 1 atom stereocenters. The lowest BCUT2D eigenvalue weighted by Crippen LogP contribution is -2.57. The molecule has 1 aromatic heterocycles. The average molecular weight is 327 g/mol. The molecule has 0 aromatic carbocycles. The zero-order chi connectivity index (χ0) is 15.5. The molecule has 1 aliphatic rings. The van der Waals surface area contributed by atoms with Crippen molar-refractivity contribution in [2.75, 3.05) is 12.3 Å². The van der Waals surface area contributed by atoms with E-state index in [-0.39, 0.29) is 11.8 Å². The van der Waals surface area contributed by atoms with E-state index in [1.54, 1.807) is 11.3 Å². The molecular weight excluding hydrogens is 306 g/mol. The molecule has 2 N–H and O–H groups in total. The summed E-state index contributed by atoms with van der Waals surface area (Å²) >= 11 is 3.17. The summed E-state index contributed by atoms with van der Waals surface area (Å²) in [6.45, 7) is 6.33. The smallest absolute Gasteiger partial charge is 0.243 e. The van der Waals surface area contributed by atoms with Crippen LogP contribution in [0, 0.1) is 6.92 Å². The third-order valence-corrected chi connectivity index (χ3v) is 5.75. The molecule has 2 amide bonds. The molecule has 2 rings (SSSR count). The van der Waals surface area contributed by atoms with E-state index in [9.17, 15) is 9.59 Å². The summed E-state index contributed by atoms with van der Waals surface area (Å²) in [5, 5.41) is 8.81. The highest BCUT2D eigenvalue weighted by Gasteiger charge is 2.37. The van der Waals surface area contributed by atoms with Crippen LogP contribution in [0.1, 0.15) is 31.0 Å². The summed E-state index contributed by atoms with van der Waals surface area (Å²) in [5.41, 5.74) is 1.04. The lowest BCUT2D eigenvalue weighted by molar-refractivity contribution is -0.129. The fraction of sp³-hybridized carbons (Fsp3) is 0.643. The van der Waals surface area contributed by atoms with Crippen LogP contribution in [0.3, 0.4) is 0 Å². The second-order valence-electron chi connectivity index (χ2n) is 5.62. The SMILES string of the molecule is Cc1csc(CCCNC(=O)[C@H]2CSC(C)(C)C(=O)N2)n1. The minimum absolute atomic E-state index is 0.0721. The van der Waals surface area contributed by atoms with Crippen molar-refractivity contribution in [2.45, 2.75) is 44.4 Å². The van der Waals surface area contributed by atoms with Gasteiger partial charge in [-0.2, -0.15) is 0 Å². The maximum Gasteiger partial charge on any atom is 0.243 e. The minimum atomic E-state index is -0.445. The van der Waals surface area contributed by atoms with E-state index in [1.807, 2.05) is 26.2 Å². The fourth-order valence-electron chi connectivity index (χ4n) is 1.96. The van der Waals surface area contributed by atoms with E-state index in [2.05, 4.69) is 15.6 Å². The lowest BCUT2D eigenvalue weighted by atomic mass is 10.1. The van der Waals surface area contributed by atoms with Gasteiger partial charge in [0.2, 0.25) is 11.8 Å². The van der Waals surface area contributed by atoms with Gasteiger partial charge in [-0.1, -0.05) is 0 Å². The lowest BCUT2D eigenvalue weighted by Gasteiger charge is -2.32. The highest BCUT2D eigenvalue weighted by Crippen LogP contribution is 2.28. The average Bonchev–Trinajstić information content (AvgIpc) is 2.83. The molecule has 5 nitrogen and oxygen atoms in total. The third-order valence-electron chi connectivity index (χ3n) is 3.31. The predicted octanol–water partition coefficient (Wildman–Crippen LogP) is 1.51. The summed E-state index contributed by atoms with van der Waals surface area (Å²) in [6.07, 6.45) is 1.73. The summed E-state index contributed by atoms with van der Waals surface area (Å²) in [5.74, 6) is 0.454. The van der Waals surface area contributed by atoms with Gasteiger partial charge < -0.3 is 10.6 Å². The van der Waals surface area contributed by atoms with Crippen LogP contribution in [-0.4, -0.2) is 39.9 Å². The van der Waals surface area contributed by atoms with Gasteiger partial charge in [0.15, 0.2) is 0 Å². The molecule has 1 aliphatic heterocycles. The number of thiazole rings is 1. The van der Waals surface area contributed by atoms with Crippen LogP contribution in [0.5, 0.6) is 0 Å². The third kappa shape index (κ3) is 4.44. The number of aromatic nitrogens is 1. The van der Waals surface area contributed by atoms with Gasteiger partial charge in [-0.05, 0) is 27.2 Å². The Morgan fingerprint density at radius 2 is 2.33 bits per heavy atom. The molecule has 0 radical (unpaired) electrons. The van der Waals surface area contributed by atoms with Gasteiger partial charge in [-0.25, -0.2) is 4.98 Å². The Labute approximate surface area is 133 Å². The Morgan fingerprint density at radius 3 is 2.95 bits per heavy atom. The molecule has 0 aliphatic carbocycles. The number of hydrogen-bond acceptors (Lipinski definition) is 5. The molecule has 1 aromatic rings. The minimum Gasteiger partial charge on any atom is -0.354 e. The molecule has 0 bridgehead atoms. The standard InChI is InChI=1S/C14H21N3O2S2/c1-9-7-20-11(16-9)5-4-6-15-12(18)10-8-21-14(2,3)13(19)17-10/h7,10H,4-6,8H2,1-3H3,(H,15,18)(H,17,19)/t10-/m1/s1. The number of nitrogens with one attached hydrogen (secondary N) is 2. The van der Waals surface area contributed by atoms with Gasteiger partial charge in [0.1, 0.15) is 6.04 Å². The Morgan fingerprint density at radius 1 is 1.57 bits per heavy atom. The normalized spacial score (nSPS) is 20.9. The summed E-state index contributed by atoms with van der Waals surface area (Å²) in [7, 11) is 0. The summed E-state index contributed by atoms with van der Waals surface area (Å²) in [6, 6.07) is -0.419. The van der Waals surface area contributed by atoms with Crippen molar-refractivity contribution in [1.82, 2.24) is 15.6 Å².